The third-order valence-corrected chi connectivity index (χ3v) is 2.97. The van der Waals surface area contributed by atoms with Crippen LogP contribution in [0.4, 0.5) is 5.69 Å². The zero-order valence-electron chi connectivity index (χ0n) is 9.85. The molecule has 2 aromatic rings. The fraction of sp³-hybridized carbons (Fsp3) is 0.143. The second kappa shape index (κ2) is 5.11. The number of nitrogens with zero attached hydrogens (tertiary/aromatic N) is 1. The van der Waals surface area contributed by atoms with Gasteiger partial charge in [-0.15, -0.1) is 0 Å². The molecule has 0 N–H and O–H groups in total. The van der Waals surface area contributed by atoms with Crippen molar-refractivity contribution in [2.75, 3.05) is 12.1 Å². The van der Waals surface area contributed by atoms with Gasteiger partial charge in [-0.3, -0.25) is 0 Å². The van der Waals surface area contributed by atoms with Crippen molar-refractivity contribution in [2.45, 2.75) is 6.92 Å². The van der Waals surface area contributed by atoms with Gasteiger partial charge < -0.3 is 4.84 Å². The first kappa shape index (κ1) is 11.8. The lowest BCUT2D eigenvalue weighted by atomic mass is 10.2. The van der Waals surface area contributed by atoms with Crippen molar-refractivity contribution in [3.05, 3.63) is 59.1 Å². The second-order valence-corrected chi connectivity index (χ2v) is 4.19. The van der Waals surface area contributed by atoms with E-state index in [0.29, 0.717) is 0 Å². The van der Waals surface area contributed by atoms with Gasteiger partial charge in [0.25, 0.3) is 0 Å². The van der Waals surface area contributed by atoms with Crippen LogP contribution in [0.25, 0.3) is 0 Å². The van der Waals surface area contributed by atoms with Crippen LogP contribution in [0.2, 0.25) is 5.02 Å². The fourth-order valence-electron chi connectivity index (χ4n) is 1.63. The zero-order chi connectivity index (χ0) is 12.3. The van der Waals surface area contributed by atoms with Crippen LogP contribution in [0, 0.1) is 6.92 Å². The Labute approximate surface area is 106 Å². The lowest BCUT2D eigenvalue weighted by molar-refractivity contribution is 0.303. The maximum Gasteiger partial charge on any atom is 0.155 e. The summed E-state index contributed by atoms with van der Waals surface area (Å²) in [5, 5.41) is 2.46. The van der Waals surface area contributed by atoms with Gasteiger partial charge in [0.1, 0.15) is 0 Å². The Bertz CT molecular complexity index is 499. The first-order valence-electron chi connectivity index (χ1n) is 5.40. The molecule has 3 heteroatoms. The molecule has 0 saturated heterocycles. The van der Waals surface area contributed by atoms with Crippen LogP contribution in [0.1, 0.15) is 5.56 Å². The van der Waals surface area contributed by atoms with Gasteiger partial charge in [-0.05, 0) is 36.8 Å². The number of hydrogen-bond acceptors (Lipinski definition) is 2. The quantitative estimate of drug-likeness (QED) is 0.758. The topological polar surface area (TPSA) is 12.5 Å². The molecule has 0 fully saturated rings. The standard InChI is InChI=1S/C14H14ClNO/c1-11-13(15)9-6-10-14(11)16(2)17-12-7-4-3-5-8-12/h3-10H,1-2H3. The molecular weight excluding hydrogens is 234 g/mol. The molecule has 0 radical (unpaired) electrons. The highest BCUT2D eigenvalue weighted by Gasteiger charge is 2.08. The summed E-state index contributed by atoms with van der Waals surface area (Å²) in [6.07, 6.45) is 0. The third-order valence-electron chi connectivity index (χ3n) is 2.56. The van der Waals surface area contributed by atoms with E-state index >= 15 is 0 Å². The van der Waals surface area contributed by atoms with E-state index in [0.717, 1.165) is 22.0 Å². The monoisotopic (exact) mass is 247 g/mol. The molecule has 0 saturated carbocycles. The summed E-state index contributed by atoms with van der Waals surface area (Å²) in [7, 11) is 1.87. The van der Waals surface area contributed by atoms with Crippen molar-refractivity contribution >= 4 is 17.3 Å². The van der Waals surface area contributed by atoms with Crippen LogP contribution in [0.3, 0.4) is 0 Å². The Morgan fingerprint density at radius 3 is 2.41 bits per heavy atom. The lowest BCUT2D eigenvalue weighted by Gasteiger charge is -2.21. The van der Waals surface area contributed by atoms with Crippen LogP contribution >= 0.6 is 11.6 Å². The summed E-state index contributed by atoms with van der Waals surface area (Å²) < 4.78 is 0. The minimum absolute atomic E-state index is 0.742. The molecule has 88 valence electrons. The molecule has 0 spiro atoms. The van der Waals surface area contributed by atoms with E-state index in [-0.39, 0.29) is 0 Å². The van der Waals surface area contributed by atoms with Crippen molar-refractivity contribution in [3.8, 4) is 5.75 Å². The Balaban J connectivity index is 2.20. The number of anilines is 1. The molecule has 0 unspecified atom stereocenters. The first-order valence-corrected chi connectivity index (χ1v) is 5.78. The molecule has 0 atom stereocenters. The molecule has 2 rings (SSSR count). The minimum atomic E-state index is 0.742. The van der Waals surface area contributed by atoms with Gasteiger partial charge in [-0.1, -0.05) is 35.9 Å². The van der Waals surface area contributed by atoms with Crippen molar-refractivity contribution in [3.63, 3.8) is 0 Å². The third kappa shape index (κ3) is 2.71. The highest BCUT2D eigenvalue weighted by molar-refractivity contribution is 6.31. The predicted octanol–water partition coefficient (Wildman–Crippen LogP) is 4.08. The number of halogens is 1. The maximum absolute atomic E-state index is 6.08. The van der Waals surface area contributed by atoms with E-state index in [4.69, 9.17) is 16.4 Å². The molecule has 17 heavy (non-hydrogen) atoms. The Hall–Kier alpha value is -1.67. The molecule has 0 bridgehead atoms. The van der Waals surface area contributed by atoms with E-state index in [2.05, 4.69) is 0 Å². The van der Waals surface area contributed by atoms with Gasteiger partial charge in [-0.2, -0.15) is 0 Å². The maximum atomic E-state index is 6.08. The molecule has 0 amide bonds. The summed E-state index contributed by atoms with van der Waals surface area (Å²) in [5.41, 5.74) is 1.97. The fourth-order valence-corrected chi connectivity index (χ4v) is 1.80. The Morgan fingerprint density at radius 2 is 1.71 bits per heavy atom. The molecule has 0 aliphatic rings. The van der Waals surface area contributed by atoms with E-state index in [1.807, 2.05) is 62.5 Å². The van der Waals surface area contributed by atoms with Gasteiger partial charge in [0.05, 0.1) is 5.69 Å². The van der Waals surface area contributed by atoms with Gasteiger partial charge >= 0.3 is 0 Å². The second-order valence-electron chi connectivity index (χ2n) is 3.79. The molecule has 0 heterocycles. The Kier molecular flexibility index (Phi) is 3.55. The molecule has 0 aliphatic heterocycles. The minimum Gasteiger partial charge on any atom is -0.380 e. The number of para-hydroxylation sites is 1. The van der Waals surface area contributed by atoms with E-state index in [9.17, 15) is 0 Å². The molecular formula is C14H14ClNO. The molecule has 2 aromatic carbocycles. The lowest BCUT2D eigenvalue weighted by Crippen LogP contribution is -2.22. The largest absolute Gasteiger partial charge is 0.380 e. The van der Waals surface area contributed by atoms with Crippen molar-refractivity contribution in [1.29, 1.82) is 0 Å². The van der Waals surface area contributed by atoms with Gasteiger partial charge in [0, 0.05) is 12.1 Å². The van der Waals surface area contributed by atoms with Crippen molar-refractivity contribution in [2.24, 2.45) is 0 Å². The number of benzene rings is 2. The van der Waals surface area contributed by atoms with Crippen LogP contribution in [0.15, 0.2) is 48.5 Å². The SMILES string of the molecule is Cc1c(Cl)cccc1N(C)Oc1ccccc1. The van der Waals surface area contributed by atoms with Crippen LogP contribution in [0.5, 0.6) is 5.75 Å². The summed E-state index contributed by atoms with van der Waals surface area (Å²) >= 11 is 6.08. The summed E-state index contributed by atoms with van der Waals surface area (Å²) in [6.45, 7) is 1.97. The van der Waals surface area contributed by atoms with Crippen LogP contribution in [-0.4, -0.2) is 7.05 Å². The molecule has 2 nitrogen and oxygen atoms in total. The smallest absolute Gasteiger partial charge is 0.155 e. The van der Waals surface area contributed by atoms with Crippen molar-refractivity contribution < 1.29 is 4.84 Å². The molecule has 0 aromatic heterocycles. The van der Waals surface area contributed by atoms with Crippen LogP contribution < -0.4 is 9.90 Å². The first-order chi connectivity index (χ1) is 8.18. The van der Waals surface area contributed by atoms with Gasteiger partial charge in [0.2, 0.25) is 0 Å². The average molecular weight is 248 g/mol. The summed E-state index contributed by atoms with van der Waals surface area (Å²) in [6, 6.07) is 15.4. The predicted molar refractivity (Wildman–Crippen MR) is 71.7 cm³/mol. The van der Waals surface area contributed by atoms with Gasteiger partial charge in [0.15, 0.2) is 5.75 Å². The van der Waals surface area contributed by atoms with Crippen molar-refractivity contribution in [1.82, 2.24) is 0 Å². The normalized spacial score (nSPS) is 10.1. The van der Waals surface area contributed by atoms with Crippen LogP contribution in [-0.2, 0) is 0 Å². The number of hydroxylamine groups is 1. The highest BCUT2D eigenvalue weighted by atomic mass is 35.5. The molecule has 0 aliphatic carbocycles. The Morgan fingerprint density at radius 1 is 1.00 bits per heavy atom. The van der Waals surface area contributed by atoms with E-state index in [1.54, 1.807) is 5.06 Å². The van der Waals surface area contributed by atoms with Gasteiger partial charge in [-0.25, -0.2) is 5.06 Å². The summed E-state index contributed by atoms with van der Waals surface area (Å²) in [4.78, 5) is 5.71. The summed E-state index contributed by atoms with van der Waals surface area (Å²) in [5.74, 6) is 0.800. The van der Waals surface area contributed by atoms with E-state index in [1.165, 1.54) is 0 Å². The highest BCUT2D eigenvalue weighted by Crippen LogP contribution is 2.26. The number of hydrogen-bond donors (Lipinski definition) is 0. The zero-order valence-corrected chi connectivity index (χ0v) is 10.6. The number of rotatable bonds is 3. The van der Waals surface area contributed by atoms with E-state index < -0.39 is 0 Å². The average Bonchev–Trinajstić information content (AvgIpc) is 2.34.